The Kier molecular flexibility index (Phi) is 2.02. The van der Waals surface area contributed by atoms with Gasteiger partial charge >= 0.3 is 0 Å². The highest BCUT2D eigenvalue weighted by Gasteiger charge is 2.27. The van der Waals surface area contributed by atoms with Crippen LogP contribution in [0.1, 0.15) is 34.6 Å². The maximum Gasteiger partial charge on any atom is 0.126 e. The second-order valence-corrected chi connectivity index (χ2v) is 3.96. The molecular formula is C10H18N2. The summed E-state index contributed by atoms with van der Waals surface area (Å²) < 4.78 is 0. The van der Waals surface area contributed by atoms with Gasteiger partial charge < -0.3 is 4.90 Å². The highest BCUT2D eigenvalue weighted by atomic mass is 15.3. The predicted octanol–water partition coefficient (Wildman–Crippen LogP) is 2.42. The lowest BCUT2D eigenvalue weighted by Gasteiger charge is -2.39. The molecule has 0 saturated heterocycles. The minimum atomic E-state index is -0.0757. The zero-order valence-corrected chi connectivity index (χ0v) is 8.89. The van der Waals surface area contributed by atoms with Crippen LogP contribution in [-0.4, -0.2) is 23.3 Å². The molecule has 0 saturated carbocycles. The summed E-state index contributed by atoms with van der Waals surface area (Å²) in [5, 5.41) is 0. The van der Waals surface area contributed by atoms with Gasteiger partial charge in [-0.3, -0.25) is 4.99 Å². The van der Waals surface area contributed by atoms with Gasteiger partial charge in [-0.2, -0.15) is 0 Å². The molecule has 68 valence electrons. The lowest BCUT2D eigenvalue weighted by Crippen LogP contribution is -2.42. The molecule has 0 aliphatic carbocycles. The van der Waals surface area contributed by atoms with Crippen molar-refractivity contribution in [3.05, 3.63) is 11.3 Å². The van der Waals surface area contributed by atoms with Crippen LogP contribution in [0.15, 0.2) is 16.3 Å². The summed E-state index contributed by atoms with van der Waals surface area (Å²) in [4.78, 5) is 6.83. The fourth-order valence-corrected chi connectivity index (χ4v) is 1.49. The topological polar surface area (TPSA) is 15.6 Å². The van der Waals surface area contributed by atoms with E-state index in [0.29, 0.717) is 0 Å². The Morgan fingerprint density at radius 3 is 2.17 bits per heavy atom. The van der Waals surface area contributed by atoms with Crippen LogP contribution in [0.5, 0.6) is 0 Å². The molecule has 0 fully saturated rings. The van der Waals surface area contributed by atoms with Crippen molar-refractivity contribution in [3.63, 3.8) is 0 Å². The summed E-state index contributed by atoms with van der Waals surface area (Å²) in [6.07, 6.45) is 0. The number of allylic oxidation sites excluding steroid dienone is 2. The highest BCUT2D eigenvalue weighted by Crippen LogP contribution is 2.27. The van der Waals surface area contributed by atoms with Gasteiger partial charge in [-0.1, -0.05) is 0 Å². The van der Waals surface area contributed by atoms with Crippen molar-refractivity contribution in [2.45, 2.75) is 40.3 Å². The fourth-order valence-electron chi connectivity index (χ4n) is 1.49. The van der Waals surface area contributed by atoms with Crippen molar-refractivity contribution >= 4 is 5.71 Å². The molecule has 0 spiro atoms. The number of hydrogen-bond acceptors (Lipinski definition) is 2. The van der Waals surface area contributed by atoms with Crippen LogP contribution in [0, 0.1) is 0 Å². The minimum absolute atomic E-state index is 0.0757. The van der Waals surface area contributed by atoms with Crippen LogP contribution in [-0.2, 0) is 0 Å². The molecular weight excluding hydrogens is 148 g/mol. The van der Waals surface area contributed by atoms with Gasteiger partial charge in [0.1, 0.15) is 5.66 Å². The molecule has 0 atom stereocenters. The van der Waals surface area contributed by atoms with Gasteiger partial charge in [-0.05, 0) is 40.2 Å². The standard InChI is InChI=1S/C10H18N2/c1-7-8(2)11-10(4,5)12(6)9(7)3/h1-6H3. The van der Waals surface area contributed by atoms with E-state index < -0.39 is 0 Å². The summed E-state index contributed by atoms with van der Waals surface area (Å²) in [5.41, 5.74) is 3.72. The quantitative estimate of drug-likeness (QED) is 0.539. The van der Waals surface area contributed by atoms with Gasteiger partial charge in [0.2, 0.25) is 0 Å². The summed E-state index contributed by atoms with van der Waals surface area (Å²) in [5.74, 6) is 0. The number of hydrogen-bond donors (Lipinski definition) is 0. The largest absolute Gasteiger partial charge is 0.354 e. The maximum absolute atomic E-state index is 4.61. The molecule has 0 unspecified atom stereocenters. The first-order valence-corrected chi connectivity index (χ1v) is 4.34. The normalized spacial score (nSPS) is 22.8. The molecule has 0 aromatic heterocycles. The average molecular weight is 166 g/mol. The molecule has 2 heteroatoms. The molecule has 1 heterocycles. The molecule has 1 rings (SSSR count). The molecule has 1 aliphatic heterocycles. The van der Waals surface area contributed by atoms with Gasteiger partial charge in [0.05, 0.1) is 0 Å². The van der Waals surface area contributed by atoms with E-state index in [1.54, 1.807) is 0 Å². The van der Waals surface area contributed by atoms with Crippen LogP contribution in [0.2, 0.25) is 0 Å². The average Bonchev–Trinajstić information content (AvgIpc) is 1.97. The number of nitrogens with zero attached hydrogens (tertiary/aromatic N) is 2. The predicted molar refractivity (Wildman–Crippen MR) is 53.3 cm³/mol. The van der Waals surface area contributed by atoms with E-state index in [4.69, 9.17) is 0 Å². The Morgan fingerprint density at radius 1 is 1.17 bits per heavy atom. The first-order valence-electron chi connectivity index (χ1n) is 4.34. The zero-order valence-electron chi connectivity index (χ0n) is 8.89. The van der Waals surface area contributed by atoms with Crippen LogP contribution in [0.25, 0.3) is 0 Å². The van der Waals surface area contributed by atoms with Crippen molar-refractivity contribution in [1.82, 2.24) is 4.90 Å². The van der Waals surface area contributed by atoms with E-state index in [0.717, 1.165) is 5.71 Å². The van der Waals surface area contributed by atoms with Gasteiger partial charge in [-0.15, -0.1) is 0 Å². The van der Waals surface area contributed by atoms with Crippen LogP contribution in [0.4, 0.5) is 0 Å². The Balaban J connectivity index is 3.15. The summed E-state index contributed by atoms with van der Waals surface area (Å²) in [6, 6.07) is 0. The number of aliphatic imine (C=N–C) groups is 1. The lowest BCUT2D eigenvalue weighted by molar-refractivity contribution is 0.209. The fraction of sp³-hybridized carbons (Fsp3) is 0.700. The molecule has 0 radical (unpaired) electrons. The molecule has 0 aromatic rings. The van der Waals surface area contributed by atoms with Gasteiger partial charge in [0.15, 0.2) is 0 Å². The van der Waals surface area contributed by atoms with E-state index in [1.165, 1.54) is 11.3 Å². The Bertz CT molecular complexity index is 259. The minimum Gasteiger partial charge on any atom is -0.354 e. The molecule has 0 N–H and O–H groups in total. The van der Waals surface area contributed by atoms with Crippen molar-refractivity contribution < 1.29 is 0 Å². The maximum atomic E-state index is 4.61. The van der Waals surface area contributed by atoms with Crippen molar-refractivity contribution in [3.8, 4) is 0 Å². The molecule has 12 heavy (non-hydrogen) atoms. The molecule has 0 aromatic carbocycles. The van der Waals surface area contributed by atoms with Crippen LogP contribution in [0.3, 0.4) is 0 Å². The Labute approximate surface area is 75.0 Å². The summed E-state index contributed by atoms with van der Waals surface area (Å²) in [6.45, 7) is 10.6. The van der Waals surface area contributed by atoms with E-state index >= 15 is 0 Å². The molecule has 0 amide bonds. The first kappa shape index (κ1) is 9.30. The van der Waals surface area contributed by atoms with E-state index in [1.807, 2.05) is 0 Å². The van der Waals surface area contributed by atoms with Crippen LogP contribution < -0.4 is 0 Å². The molecule has 0 bridgehead atoms. The monoisotopic (exact) mass is 166 g/mol. The lowest BCUT2D eigenvalue weighted by atomic mass is 10.0. The van der Waals surface area contributed by atoms with E-state index in [2.05, 4.69) is 51.6 Å². The SMILES string of the molecule is CC1=NC(C)(C)N(C)C(C)=C1C. The van der Waals surface area contributed by atoms with Gasteiger partial charge in [-0.25, -0.2) is 0 Å². The van der Waals surface area contributed by atoms with Crippen LogP contribution >= 0.6 is 0 Å². The third kappa shape index (κ3) is 1.26. The van der Waals surface area contributed by atoms with E-state index in [-0.39, 0.29) is 5.66 Å². The van der Waals surface area contributed by atoms with Crippen molar-refractivity contribution in [2.75, 3.05) is 7.05 Å². The third-order valence-electron chi connectivity index (χ3n) is 2.85. The highest BCUT2D eigenvalue weighted by molar-refractivity contribution is 5.99. The summed E-state index contributed by atoms with van der Waals surface area (Å²) in [7, 11) is 2.09. The second kappa shape index (κ2) is 2.61. The first-order chi connectivity index (χ1) is 5.36. The van der Waals surface area contributed by atoms with Gasteiger partial charge in [0.25, 0.3) is 0 Å². The Morgan fingerprint density at radius 2 is 1.67 bits per heavy atom. The summed E-state index contributed by atoms with van der Waals surface area (Å²) >= 11 is 0. The second-order valence-electron chi connectivity index (χ2n) is 3.96. The Hall–Kier alpha value is -0.790. The van der Waals surface area contributed by atoms with Crippen molar-refractivity contribution in [1.29, 1.82) is 0 Å². The number of rotatable bonds is 0. The third-order valence-corrected chi connectivity index (χ3v) is 2.85. The van der Waals surface area contributed by atoms with Crippen molar-refractivity contribution in [2.24, 2.45) is 4.99 Å². The zero-order chi connectivity index (χ0) is 9.52. The van der Waals surface area contributed by atoms with E-state index in [9.17, 15) is 0 Å². The molecule has 1 aliphatic rings. The van der Waals surface area contributed by atoms with Gasteiger partial charge in [0, 0.05) is 18.5 Å². The molecule has 2 nitrogen and oxygen atoms in total. The smallest absolute Gasteiger partial charge is 0.126 e.